The SMILES string of the molecule is Nc1cn2ccnc2cc1Cl. The van der Waals surface area contributed by atoms with Gasteiger partial charge in [0.2, 0.25) is 0 Å². The van der Waals surface area contributed by atoms with Crippen molar-refractivity contribution in [1.29, 1.82) is 0 Å². The van der Waals surface area contributed by atoms with Crippen molar-refractivity contribution in [3.05, 3.63) is 29.7 Å². The molecule has 0 saturated heterocycles. The highest BCUT2D eigenvalue weighted by atomic mass is 35.5. The van der Waals surface area contributed by atoms with Crippen molar-refractivity contribution in [3.63, 3.8) is 0 Å². The monoisotopic (exact) mass is 167 g/mol. The highest BCUT2D eigenvalue weighted by Gasteiger charge is 1.98. The summed E-state index contributed by atoms with van der Waals surface area (Å²) in [5.41, 5.74) is 6.94. The van der Waals surface area contributed by atoms with E-state index in [1.165, 1.54) is 0 Å². The number of pyridine rings is 1. The van der Waals surface area contributed by atoms with Gasteiger partial charge in [0.1, 0.15) is 5.65 Å². The van der Waals surface area contributed by atoms with Crippen LogP contribution in [-0.2, 0) is 0 Å². The standard InChI is InChI=1S/C7H6ClN3/c8-5-3-7-10-1-2-11(7)4-6(5)9/h1-4H,9H2. The molecule has 2 aromatic rings. The maximum Gasteiger partial charge on any atom is 0.138 e. The second-order valence-corrected chi connectivity index (χ2v) is 2.68. The molecule has 2 rings (SSSR count). The predicted octanol–water partition coefficient (Wildman–Crippen LogP) is 1.57. The minimum absolute atomic E-state index is 0.545. The molecule has 0 fully saturated rings. The Morgan fingerprint density at radius 3 is 3.18 bits per heavy atom. The van der Waals surface area contributed by atoms with E-state index >= 15 is 0 Å². The molecular weight excluding hydrogens is 162 g/mol. The first kappa shape index (κ1) is 6.49. The summed E-state index contributed by atoms with van der Waals surface area (Å²) in [5, 5.41) is 0.545. The van der Waals surface area contributed by atoms with Crippen LogP contribution in [0.15, 0.2) is 24.7 Å². The largest absolute Gasteiger partial charge is 0.396 e. The lowest BCUT2D eigenvalue weighted by Crippen LogP contribution is -1.90. The molecule has 0 unspecified atom stereocenters. The number of nitrogens with two attached hydrogens (primary N) is 1. The molecule has 56 valence electrons. The van der Waals surface area contributed by atoms with Gasteiger partial charge in [-0.1, -0.05) is 11.6 Å². The van der Waals surface area contributed by atoms with E-state index in [4.69, 9.17) is 17.3 Å². The van der Waals surface area contributed by atoms with Crippen molar-refractivity contribution in [1.82, 2.24) is 9.38 Å². The molecule has 0 spiro atoms. The number of fused-ring (bicyclic) bond motifs is 1. The summed E-state index contributed by atoms with van der Waals surface area (Å²) < 4.78 is 1.82. The number of hydrogen-bond acceptors (Lipinski definition) is 2. The van der Waals surface area contributed by atoms with E-state index in [-0.39, 0.29) is 0 Å². The fraction of sp³-hybridized carbons (Fsp3) is 0. The molecule has 0 radical (unpaired) electrons. The quantitative estimate of drug-likeness (QED) is 0.647. The molecular formula is C7H6ClN3. The third-order valence-corrected chi connectivity index (χ3v) is 1.84. The van der Waals surface area contributed by atoms with E-state index in [9.17, 15) is 0 Å². The molecule has 11 heavy (non-hydrogen) atoms. The predicted molar refractivity (Wildman–Crippen MR) is 44.6 cm³/mol. The fourth-order valence-electron chi connectivity index (χ4n) is 0.954. The van der Waals surface area contributed by atoms with Crippen LogP contribution in [0.2, 0.25) is 5.02 Å². The Kier molecular flexibility index (Phi) is 1.26. The first-order valence-corrected chi connectivity index (χ1v) is 3.53. The molecule has 0 aliphatic carbocycles. The lowest BCUT2D eigenvalue weighted by Gasteiger charge is -1.97. The summed E-state index contributed by atoms with van der Waals surface area (Å²) in [7, 11) is 0. The van der Waals surface area contributed by atoms with Crippen LogP contribution in [0.5, 0.6) is 0 Å². The minimum Gasteiger partial charge on any atom is -0.396 e. The molecule has 3 nitrogen and oxygen atoms in total. The Labute approximate surface area is 68.4 Å². The van der Waals surface area contributed by atoms with Gasteiger partial charge in [0.05, 0.1) is 10.7 Å². The fourth-order valence-corrected chi connectivity index (χ4v) is 1.10. The first-order valence-electron chi connectivity index (χ1n) is 3.15. The Morgan fingerprint density at radius 2 is 2.36 bits per heavy atom. The molecule has 2 aromatic heterocycles. The van der Waals surface area contributed by atoms with Crippen molar-refractivity contribution in [3.8, 4) is 0 Å². The number of nitrogens with zero attached hydrogens (tertiary/aromatic N) is 2. The van der Waals surface area contributed by atoms with Crippen LogP contribution in [0.1, 0.15) is 0 Å². The number of nitrogen functional groups attached to an aromatic ring is 1. The number of anilines is 1. The van der Waals surface area contributed by atoms with Gasteiger partial charge in [-0.15, -0.1) is 0 Å². The van der Waals surface area contributed by atoms with E-state index < -0.39 is 0 Å². The molecule has 0 aliphatic rings. The number of rotatable bonds is 0. The molecule has 2 N–H and O–H groups in total. The van der Waals surface area contributed by atoms with Gasteiger partial charge in [0, 0.05) is 24.7 Å². The van der Waals surface area contributed by atoms with Crippen molar-refractivity contribution in [2.75, 3.05) is 5.73 Å². The Hall–Kier alpha value is -1.22. The average Bonchev–Trinajstić information content (AvgIpc) is 2.36. The zero-order valence-electron chi connectivity index (χ0n) is 5.66. The third kappa shape index (κ3) is 0.935. The normalized spacial score (nSPS) is 10.6. The van der Waals surface area contributed by atoms with Gasteiger partial charge in [-0.25, -0.2) is 4.98 Å². The third-order valence-electron chi connectivity index (χ3n) is 1.51. The Balaban J connectivity index is 2.86. The Morgan fingerprint density at radius 1 is 1.55 bits per heavy atom. The zero-order chi connectivity index (χ0) is 7.84. The highest BCUT2D eigenvalue weighted by Crippen LogP contribution is 2.18. The second kappa shape index (κ2) is 2.13. The number of halogens is 1. The number of aromatic nitrogens is 2. The van der Waals surface area contributed by atoms with E-state index in [1.807, 2.05) is 10.6 Å². The van der Waals surface area contributed by atoms with E-state index in [1.54, 1.807) is 18.5 Å². The smallest absolute Gasteiger partial charge is 0.138 e. The van der Waals surface area contributed by atoms with Crippen LogP contribution in [-0.4, -0.2) is 9.38 Å². The van der Waals surface area contributed by atoms with E-state index in [0.717, 1.165) is 5.65 Å². The van der Waals surface area contributed by atoms with Crippen LogP contribution in [0.3, 0.4) is 0 Å². The van der Waals surface area contributed by atoms with Crippen LogP contribution < -0.4 is 5.73 Å². The molecule has 0 amide bonds. The van der Waals surface area contributed by atoms with E-state index in [0.29, 0.717) is 10.7 Å². The van der Waals surface area contributed by atoms with E-state index in [2.05, 4.69) is 4.98 Å². The molecule has 4 heteroatoms. The summed E-state index contributed by atoms with van der Waals surface area (Å²) >= 11 is 5.77. The highest BCUT2D eigenvalue weighted by molar-refractivity contribution is 6.33. The van der Waals surface area contributed by atoms with Gasteiger partial charge < -0.3 is 10.1 Å². The van der Waals surface area contributed by atoms with Crippen LogP contribution in [0.4, 0.5) is 5.69 Å². The molecule has 0 saturated carbocycles. The summed E-state index contributed by atoms with van der Waals surface area (Å²) in [4.78, 5) is 4.04. The van der Waals surface area contributed by atoms with Crippen molar-refractivity contribution < 1.29 is 0 Å². The van der Waals surface area contributed by atoms with Gasteiger partial charge >= 0.3 is 0 Å². The molecule has 0 aliphatic heterocycles. The number of imidazole rings is 1. The maximum absolute atomic E-state index is 5.77. The van der Waals surface area contributed by atoms with Crippen LogP contribution in [0.25, 0.3) is 5.65 Å². The zero-order valence-corrected chi connectivity index (χ0v) is 6.42. The van der Waals surface area contributed by atoms with Gasteiger partial charge in [-0.3, -0.25) is 0 Å². The first-order chi connectivity index (χ1) is 5.27. The lowest BCUT2D eigenvalue weighted by atomic mass is 10.4. The van der Waals surface area contributed by atoms with Gasteiger partial charge in [-0.05, 0) is 0 Å². The number of hydrogen-bond donors (Lipinski definition) is 1. The van der Waals surface area contributed by atoms with Gasteiger partial charge in [0.15, 0.2) is 0 Å². The van der Waals surface area contributed by atoms with Gasteiger partial charge in [0.25, 0.3) is 0 Å². The summed E-state index contributed by atoms with van der Waals surface area (Å²) in [5.74, 6) is 0. The summed E-state index contributed by atoms with van der Waals surface area (Å²) in [6, 6.07) is 1.73. The molecule has 0 bridgehead atoms. The Bertz CT molecular complexity index is 357. The molecule has 2 heterocycles. The van der Waals surface area contributed by atoms with Crippen LogP contribution >= 0.6 is 11.6 Å². The van der Waals surface area contributed by atoms with Gasteiger partial charge in [-0.2, -0.15) is 0 Å². The van der Waals surface area contributed by atoms with Crippen molar-refractivity contribution in [2.45, 2.75) is 0 Å². The average molecular weight is 168 g/mol. The second-order valence-electron chi connectivity index (χ2n) is 2.27. The maximum atomic E-state index is 5.77. The lowest BCUT2D eigenvalue weighted by molar-refractivity contribution is 1.19. The summed E-state index contributed by atoms with van der Waals surface area (Å²) in [6.07, 6.45) is 5.26. The minimum atomic E-state index is 0.545. The molecule has 0 aromatic carbocycles. The van der Waals surface area contributed by atoms with Crippen LogP contribution in [0, 0.1) is 0 Å². The summed E-state index contributed by atoms with van der Waals surface area (Å²) in [6.45, 7) is 0. The van der Waals surface area contributed by atoms with Crippen molar-refractivity contribution in [2.24, 2.45) is 0 Å². The van der Waals surface area contributed by atoms with Crippen molar-refractivity contribution >= 4 is 22.9 Å². The molecule has 0 atom stereocenters. The topological polar surface area (TPSA) is 43.3 Å².